The molecule has 0 bridgehead atoms. The van der Waals surface area contributed by atoms with E-state index in [1.807, 2.05) is 30.5 Å². The monoisotopic (exact) mass is 245 g/mol. The number of nitrogens with two attached hydrogens (primary N) is 1. The number of rotatable bonds is 0. The van der Waals surface area contributed by atoms with Crippen molar-refractivity contribution in [3.63, 3.8) is 0 Å². The normalized spacial score (nSPS) is 11.4. The summed E-state index contributed by atoms with van der Waals surface area (Å²) in [7, 11) is 0. The van der Waals surface area contributed by atoms with E-state index in [0.29, 0.717) is 5.82 Å². The second-order valence-electron chi connectivity index (χ2n) is 4.63. The predicted molar refractivity (Wildman–Crippen MR) is 79.0 cm³/mol. The van der Waals surface area contributed by atoms with Crippen LogP contribution in [-0.4, -0.2) is 9.97 Å². The minimum absolute atomic E-state index is 0.576. The van der Waals surface area contributed by atoms with Gasteiger partial charge in [-0.3, -0.25) is 4.98 Å². The van der Waals surface area contributed by atoms with E-state index in [4.69, 9.17) is 5.73 Å². The van der Waals surface area contributed by atoms with Crippen LogP contribution < -0.4 is 5.73 Å². The summed E-state index contributed by atoms with van der Waals surface area (Å²) in [5, 5.41) is 5.50. The molecule has 3 nitrogen and oxygen atoms in total. The third-order valence-electron chi connectivity index (χ3n) is 3.49. The first-order valence-corrected chi connectivity index (χ1v) is 6.15. The molecule has 0 saturated heterocycles. The van der Waals surface area contributed by atoms with Crippen molar-refractivity contribution >= 4 is 38.3 Å². The number of anilines is 1. The lowest BCUT2D eigenvalue weighted by atomic mass is 10.0. The van der Waals surface area contributed by atoms with Crippen LogP contribution in [0.15, 0.2) is 54.9 Å². The summed E-state index contributed by atoms with van der Waals surface area (Å²) in [6, 6.07) is 14.3. The Kier molecular flexibility index (Phi) is 1.97. The Morgan fingerprint density at radius 2 is 1.68 bits per heavy atom. The van der Waals surface area contributed by atoms with Crippen LogP contribution in [0.1, 0.15) is 0 Å². The van der Waals surface area contributed by atoms with Crippen LogP contribution in [0.5, 0.6) is 0 Å². The van der Waals surface area contributed by atoms with Gasteiger partial charge in [0.2, 0.25) is 0 Å². The number of pyridine rings is 2. The van der Waals surface area contributed by atoms with E-state index < -0.39 is 0 Å². The van der Waals surface area contributed by atoms with Crippen LogP contribution in [-0.2, 0) is 0 Å². The van der Waals surface area contributed by atoms with Gasteiger partial charge in [0, 0.05) is 28.6 Å². The van der Waals surface area contributed by atoms with Crippen LogP contribution in [0.3, 0.4) is 0 Å². The highest BCUT2D eigenvalue weighted by Gasteiger charge is 2.07. The SMILES string of the molecule is Nc1nc2ccccc2c2cc3cnccc3cc12. The van der Waals surface area contributed by atoms with Crippen LogP contribution in [0.2, 0.25) is 0 Å². The average Bonchev–Trinajstić information content (AvgIpc) is 2.46. The molecule has 2 N–H and O–H groups in total. The van der Waals surface area contributed by atoms with E-state index in [2.05, 4.69) is 28.2 Å². The third kappa shape index (κ3) is 1.45. The lowest BCUT2D eigenvalue weighted by molar-refractivity contribution is 1.37. The molecule has 2 aromatic heterocycles. The predicted octanol–water partition coefficient (Wildman–Crippen LogP) is 3.52. The molecule has 0 fully saturated rings. The molecule has 0 aliphatic carbocycles. The van der Waals surface area contributed by atoms with Gasteiger partial charge in [-0.2, -0.15) is 0 Å². The summed E-state index contributed by atoms with van der Waals surface area (Å²) >= 11 is 0. The highest BCUT2D eigenvalue weighted by molar-refractivity contribution is 6.14. The Morgan fingerprint density at radius 3 is 2.63 bits per heavy atom. The maximum absolute atomic E-state index is 6.09. The summed E-state index contributed by atoms with van der Waals surface area (Å²) in [6.45, 7) is 0. The maximum atomic E-state index is 6.09. The van der Waals surface area contributed by atoms with Gasteiger partial charge in [0.1, 0.15) is 5.82 Å². The molecular weight excluding hydrogens is 234 g/mol. The third-order valence-corrected chi connectivity index (χ3v) is 3.49. The van der Waals surface area contributed by atoms with Crippen LogP contribution in [0.25, 0.3) is 32.4 Å². The van der Waals surface area contributed by atoms with Crippen molar-refractivity contribution < 1.29 is 0 Å². The summed E-state index contributed by atoms with van der Waals surface area (Å²) in [5.41, 5.74) is 7.01. The standard InChI is InChI=1S/C16H11N3/c17-16-14-7-10-5-6-18-9-11(10)8-13(14)12-3-1-2-4-15(12)19-16/h1-9H,(H2,17,19). The maximum Gasteiger partial charge on any atom is 0.132 e. The number of benzene rings is 2. The van der Waals surface area contributed by atoms with Crippen LogP contribution in [0.4, 0.5) is 5.82 Å². The van der Waals surface area contributed by atoms with Crippen molar-refractivity contribution in [2.75, 3.05) is 5.73 Å². The molecule has 0 spiro atoms. The molecule has 0 radical (unpaired) electrons. The minimum atomic E-state index is 0.576. The summed E-state index contributed by atoms with van der Waals surface area (Å²) in [6.07, 6.45) is 3.67. The first kappa shape index (κ1) is 10.3. The molecule has 0 unspecified atom stereocenters. The van der Waals surface area contributed by atoms with Gasteiger partial charge < -0.3 is 5.73 Å². The topological polar surface area (TPSA) is 51.8 Å². The first-order chi connectivity index (χ1) is 9.33. The fourth-order valence-corrected chi connectivity index (χ4v) is 2.56. The zero-order chi connectivity index (χ0) is 12.8. The van der Waals surface area contributed by atoms with Gasteiger partial charge >= 0.3 is 0 Å². The second-order valence-corrected chi connectivity index (χ2v) is 4.63. The quantitative estimate of drug-likeness (QED) is 0.381. The van der Waals surface area contributed by atoms with Gasteiger partial charge in [0.15, 0.2) is 0 Å². The molecule has 19 heavy (non-hydrogen) atoms. The Bertz CT molecular complexity index is 929. The number of nitrogens with zero attached hydrogens (tertiary/aromatic N) is 2. The fourth-order valence-electron chi connectivity index (χ4n) is 2.56. The largest absolute Gasteiger partial charge is 0.383 e. The van der Waals surface area contributed by atoms with Crippen molar-refractivity contribution in [1.82, 2.24) is 9.97 Å². The van der Waals surface area contributed by atoms with E-state index >= 15 is 0 Å². The molecular formula is C16H11N3. The summed E-state index contributed by atoms with van der Waals surface area (Å²) < 4.78 is 0. The molecule has 4 aromatic rings. The number of nitrogen functional groups attached to an aromatic ring is 1. The van der Waals surface area contributed by atoms with Gasteiger partial charge in [-0.25, -0.2) is 4.98 Å². The summed E-state index contributed by atoms with van der Waals surface area (Å²) in [4.78, 5) is 8.65. The molecule has 90 valence electrons. The van der Waals surface area contributed by atoms with Crippen molar-refractivity contribution in [2.45, 2.75) is 0 Å². The number of hydrogen-bond donors (Lipinski definition) is 1. The van der Waals surface area contributed by atoms with E-state index in [9.17, 15) is 0 Å². The molecule has 0 atom stereocenters. The number of fused-ring (bicyclic) bond motifs is 4. The van der Waals surface area contributed by atoms with E-state index in [0.717, 1.165) is 32.4 Å². The smallest absolute Gasteiger partial charge is 0.132 e. The first-order valence-electron chi connectivity index (χ1n) is 6.15. The van der Waals surface area contributed by atoms with Crippen molar-refractivity contribution in [1.29, 1.82) is 0 Å². The highest BCUT2D eigenvalue weighted by atomic mass is 14.8. The summed E-state index contributed by atoms with van der Waals surface area (Å²) in [5.74, 6) is 0.576. The zero-order valence-electron chi connectivity index (χ0n) is 10.2. The van der Waals surface area contributed by atoms with Gasteiger partial charge in [0.25, 0.3) is 0 Å². The Hall–Kier alpha value is -2.68. The molecule has 4 rings (SSSR count). The Labute approximate surface area is 109 Å². The van der Waals surface area contributed by atoms with Crippen molar-refractivity contribution in [3.8, 4) is 0 Å². The van der Waals surface area contributed by atoms with Crippen molar-refractivity contribution in [2.24, 2.45) is 0 Å². The zero-order valence-corrected chi connectivity index (χ0v) is 10.2. The fraction of sp³-hybridized carbons (Fsp3) is 0. The highest BCUT2D eigenvalue weighted by Crippen LogP contribution is 2.31. The molecule has 2 aromatic carbocycles. The molecule has 0 aliphatic heterocycles. The Balaban J connectivity index is 2.30. The van der Waals surface area contributed by atoms with Gasteiger partial charge in [-0.15, -0.1) is 0 Å². The molecule has 0 aliphatic rings. The van der Waals surface area contributed by atoms with Gasteiger partial charge in [0.05, 0.1) is 5.52 Å². The molecule has 0 amide bonds. The minimum Gasteiger partial charge on any atom is -0.383 e. The van der Waals surface area contributed by atoms with Crippen molar-refractivity contribution in [3.05, 3.63) is 54.9 Å². The van der Waals surface area contributed by atoms with Crippen LogP contribution >= 0.6 is 0 Å². The number of para-hydroxylation sites is 1. The van der Waals surface area contributed by atoms with E-state index in [1.165, 1.54) is 0 Å². The molecule has 3 heteroatoms. The number of aromatic nitrogens is 2. The van der Waals surface area contributed by atoms with Gasteiger partial charge in [-0.1, -0.05) is 18.2 Å². The van der Waals surface area contributed by atoms with E-state index in [-0.39, 0.29) is 0 Å². The lowest BCUT2D eigenvalue weighted by Crippen LogP contribution is -1.93. The second kappa shape index (κ2) is 3.65. The molecule has 0 saturated carbocycles. The van der Waals surface area contributed by atoms with E-state index in [1.54, 1.807) is 6.20 Å². The lowest BCUT2D eigenvalue weighted by Gasteiger charge is -2.08. The average molecular weight is 245 g/mol. The van der Waals surface area contributed by atoms with Gasteiger partial charge in [-0.05, 0) is 35.0 Å². The Morgan fingerprint density at radius 1 is 0.842 bits per heavy atom. The number of hydrogen-bond acceptors (Lipinski definition) is 3. The van der Waals surface area contributed by atoms with Crippen LogP contribution in [0, 0.1) is 0 Å². The molecule has 2 heterocycles.